The predicted molar refractivity (Wildman–Crippen MR) is 69.0 cm³/mol. The van der Waals surface area contributed by atoms with E-state index in [0.29, 0.717) is 12.5 Å². The molecule has 1 saturated heterocycles. The van der Waals surface area contributed by atoms with E-state index in [0.717, 1.165) is 26.3 Å². The van der Waals surface area contributed by atoms with Gasteiger partial charge in [-0.25, -0.2) is 0 Å². The Bertz CT molecular complexity index is 220. The molecule has 0 aromatic heterocycles. The molecule has 1 N–H and O–H groups in total. The molecule has 0 aromatic rings. The quantitative estimate of drug-likeness (QED) is 0.798. The van der Waals surface area contributed by atoms with Crippen LogP contribution in [0.15, 0.2) is 0 Å². The molecule has 0 amide bonds. The van der Waals surface area contributed by atoms with Gasteiger partial charge in [-0.2, -0.15) is 0 Å². The van der Waals surface area contributed by atoms with Crippen molar-refractivity contribution in [2.45, 2.75) is 38.5 Å². The maximum atomic E-state index is 9.62. The summed E-state index contributed by atoms with van der Waals surface area (Å²) in [6.45, 7) is 4.41. The highest BCUT2D eigenvalue weighted by Crippen LogP contribution is 2.38. The Morgan fingerprint density at radius 2 is 2.06 bits per heavy atom. The van der Waals surface area contributed by atoms with E-state index in [2.05, 4.69) is 11.9 Å². The van der Waals surface area contributed by atoms with E-state index in [1.54, 1.807) is 0 Å². The summed E-state index contributed by atoms with van der Waals surface area (Å²) in [5, 5.41) is 9.62. The van der Waals surface area contributed by atoms with Gasteiger partial charge < -0.3 is 14.7 Å². The van der Waals surface area contributed by atoms with E-state index in [1.807, 2.05) is 0 Å². The third-order valence-electron chi connectivity index (χ3n) is 4.43. The van der Waals surface area contributed by atoms with E-state index in [9.17, 15) is 5.11 Å². The Labute approximate surface area is 105 Å². The fraction of sp³-hybridized carbons (Fsp3) is 1.00. The van der Waals surface area contributed by atoms with Crippen molar-refractivity contribution in [3.63, 3.8) is 0 Å². The van der Waals surface area contributed by atoms with E-state index in [4.69, 9.17) is 4.74 Å². The van der Waals surface area contributed by atoms with Crippen LogP contribution >= 0.6 is 0 Å². The molecule has 3 nitrogen and oxygen atoms in total. The summed E-state index contributed by atoms with van der Waals surface area (Å²) in [6.07, 6.45) is 7.51. The number of aliphatic hydroxyl groups is 1. The molecule has 1 atom stereocenters. The maximum Gasteiger partial charge on any atom is 0.0506 e. The zero-order valence-electron chi connectivity index (χ0n) is 11.2. The van der Waals surface area contributed by atoms with Crippen molar-refractivity contribution in [1.82, 2.24) is 4.90 Å². The van der Waals surface area contributed by atoms with Crippen LogP contribution < -0.4 is 0 Å². The van der Waals surface area contributed by atoms with Gasteiger partial charge in [0.1, 0.15) is 0 Å². The van der Waals surface area contributed by atoms with Crippen molar-refractivity contribution in [3.05, 3.63) is 0 Å². The molecule has 0 aromatic carbocycles. The Morgan fingerprint density at radius 1 is 1.29 bits per heavy atom. The highest BCUT2D eigenvalue weighted by atomic mass is 16.5. The maximum absolute atomic E-state index is 9.62. The van der Waals surface area contributed by atoms with Gasteiger partial charge in [0.25, 0.3) is 0 Å². The highest BCUT2D eigenvalue weighted by molar-refractivity contribution is 4.87. The Kier molecular flexibility index (Phi) is 4.83. The van der Waals surface area contributed by atoms with Gasteiger partial charge in [0.2, 0.25) is 0 Å². The highest BCUT2D eigenvalue weighted by Gasteiger charge is 2.34. The van der Waals surface area contributed by atoms with Crippen LogP contribution in [0.2, 0.25) is 0 Å². The molecule has 17 heavy (non-hydrogen) atoms. The first-order chi connectivity index (χ1) is 8.24. The fourth-order valence-electron chi connectivity index (χ4n) is 3.52. The number of hydrogen-bond acceptors (Lipinski definition) is 3. The molecule has 2 rings (SSSR count). The molecule has 1 unspecified atom stereocenters. The van der Waals surface area contributed by atoms with Gasteiger partial charge in [-0.05, 0) is 38.6 Å². The lowest BCUT2D eigenvalue weighted by Gasteiger charge is -2.34. The van der Waals surface area contributed by atoms with Crippen LogP contribution in [-0.4, -0.2) is 50.0 Å². The number of hydrogen-bond donors (Lipinski definition) is 1. The lowest BCUT2D eigenvalue weighted by Crippen LogP contribution is -2.40. The summed E-state index contributed by atoms with van der Waals surface area (Å²) in [6, 6.07) is 0. The van der Waals surface area contributed by atoms with Crippen molar-refractivity contribution in [2.75, 3.05) is 40.0 Å². The van der Waals surface area contributed by atoms with Gasteiger partial charge in [-0.15, -0.1) is 0 Å². The van der Waals surface area contributed by atoms with Crippen molar-refractivity contribution in [1.29, 1.82) is 0 Å². The van der Waals surface area contributed by atoms with Crippen molar-refractivity contribution >= 4 is 0 Å². The van der Waals surface area contributed by atoms with Crippen molar-refractivity contribution in [3.8, 4) is 0 Å². The van der Waals surface area contributed by atoms with Gasteiger partial charge in [0.05, 0.1) is 6.61 Å². The van der Waals surface area contributed by atoms with E-state index in [1.165, 1.54) is 38.5 Å². The first kappa shape index (κ1) is 13.3. The molecule has 3 heteroatoms. The molecule has 2 fully saturated rings. The minimum Gasteiger partial charge on any atom is -0.396 e. The van der Waals surface area contributed by atoms with E-state index >= 15 is 0 Å². The topological polar surface area (TPSA) is 32.7 Å². The van der Waals surface area contributed by atoms with E-state index < -0.39 is 0 Å². The molecular formula is C14H27NO2. The second kappa shape index (κ2) is 6.17. The molecule has 0 bridgehead atoms. The molecule has 0 spiro atoms. The Hall–Kier alpha value is -0.120. The van der Waals surface area contributed by atoms with Gasteiger partial charge in [0, 0.05) is 31.7 Å². The van der Waals surface area contributed by atoms with Gasteiger partial charge in [-0.1, -0.05) is 12.8 Å². The summed E-state index contributed by atoms with van der Waals surface area (Å²) in [4.78, 5) is 2.42. The standard InChI is InChI=1S/C14H27NO2/c1-15(9-13-5-4-8-17-10-13)11-14(12-16)6-2-3-7-14/h13,16H,2-12H2,1H3. The number of ether oxygens (including phenoxy) is 1. The first-order valence-electron chi connectivity index (χ1n) is 7.11. The second-order valence-corrected chi connectivity index (χ2v) is 6.15. The average molecular weight is 241 g/mol. The SMILES string of the molecule is CN(CC1CCCOC1)CC1(CO)CCCC1. The summed E-state index contributed by atoms with van der Waals surface area (Å²) in [5.74, 6) is 0.700. The minimum atomic E-state index is 0.199. The predicted octanol–water partition coefficient (Wildman–Crippen LogP) is 1.90. The van der Waals surface area contributed by atoms with Crippen LogP contribution in [0.5, 0.6) is 0 Å². The lowest BCUT2D eigenvalue weighted by atomic mass is 9.86. The zero-order valence-corrected chi connectivity index (χ0v) is 11.2. The number of aliphatic hydroxyl groups excluding tert-OH is 1. The van der Waals surface area contributed by atoms with Crippen LogP contribution in [0.1, 0.15) is 38.5 Å². The summed E-state index contributed by atoms with van der Waals surface area (Å²) >= 11 is 0. The Morgan fingerprint density at radius 3 is 2.65 bits per heavy atom. The molecule has 1 aliphatic carbocycles. The number of rotatable bonds is 5. The van der Waals surface area contributed by atoms with Crippen LogP contribution in [0.4, 0.5) is 0 Å². The van der Waals surface area contributed by atoms with Gasteiger partial charge in [0.15, 0.2) is 0 Å². The van der Waals surface area contributed by atoms with Gasteiger partial charge >= 0.3 is 0 Å². The third-order valence-corrected chi connectivity index (χ3v) is 4.43. The van der Waals surface area contributed by atoms with Crippen LogP contribution in [0.3, 0.4) is 0 Å². The molecule has 0 radical (unpaired) electrons. The number of nitrogens with zero attached hydrogens (tertiary/aromatic N) is 1. The van der Waals surface area contributed by atoms with Crippen LogP contribution in [0.25, 0.3) is 0 Å². The van der Waals surface area contributed by atoms with Crippen molar-refractivity contribution < 1.29 is 9.84 Å². The largest absolute Gasteiger partial charge is 0.396 e. The van der Waals surface area contributed by atoms with E-state index in [-0.39, 0.29) is 5.41 Å². The smallest absolute Gasteiger partial charge is 0.0506 e. The van der Waals surface area contributed by atoms with Crippen LogP contribution in [0, 0.1) is 11.3 Å². The summed E-state index contributed by atoms with van der Waals surface area (Å²) in [7, 11) is 2.20. The van der Waals surface area contributed by atoms with Crippen molar-refractivity contribution in [2.24, 2.45) is 11.3 Å². The normalized spacial score (nSPS) is 28.8. The third kappa shape index (κ3) is 3.67. The van der Waals surface area contributed by atoms with Crippen LogP contribution in [-0.2, 0) is 4.74 Å². The Balaban J connectivity index is 1.77. The monoisotopic (exact) mass is 241 g/mol. The molecular weight excluding hydrogens is 214 g/mol. The minimum absolute atomic E-state index is 0.199. The van der Waals surface area contributed by atoms with Gasteiger partial charge in [-0.3, -0.25) is 0 Å². The average Bonchev–Trinajstić information content (AvgIpc) is 2.79. The molecule has 1 saturated carbocycles. The molecule has 100 valence electrons. The molecule has 1 aliphatic heterocycles. The summed E-state index contributed by atoms with van der Waals surface area (Å²) in [5.41, 5.74) is 0.199. The lowest BCUT2D eigenvalue weighted by molar-refractivity contribution is 0.0285. The first-order valence-corrected chi connectivity index (χ1v) is 7.11. The fourth-order valence-corrected chi connectivity index (χ4v) is 3.52. The molecule has 2 aliphatic rings. The second-order valence-electron chi connectivity index (χ2n) is 6.15. The molecule has 1 heterocycles. The zero-order chi connectivity index (χ0) is 12.1. The summed E-state index contributed by atoms with van der Waals surface area (Å²) < 4.78 is 5.53.